The number of rotatable bonds is 5. The predicted octanol–water partition coefficient (Wildman–Crippen LogP) is 2.60. The van der Waals surface area contributed by atoms with E-state index in [0.717, 1.165) is 30.9 Å². The van der Waals surface area contributed by atoms with Gasteiger partial charge in [0, 0.05) is 18.9 Å². The highest BCUT2D eigenvalue weighted by Crippen LogP contribution is 2.09. The van der Waals surface area contributed by atoms with Gasteiger partial charge in [0.1, 0.15) is 5.82 Å². The number of anilines is 1. The molecule has 1 aromatic heterocycles. The Bertz CT molecular complexity index is 278. The molecule has 0 spiro atoms. The van der Waals surface area contributed by atoms with E-state index in [1.165, 1.54) is 0 Å². The summed E-state index contributed by atoms with van der Waals surface area (Å²) in [7, 11) is 0. The molecule has 0 aromatic carbocycles. The van der Waals surface area contributed by atoms with Crippen LogP contribution in [-0.2, 0) is 0 Å². The second kappa shape index (κ2) is 5.81. The molecular formula is C10H16ClN3. The molecule has 78 valence electrons. The van der Waals surface area contributed by atoms with Crippen LogP contribution in [0.2, 0.25) is 0 Å². The zero-order valence-electron chi connectivity index (χ0n) is 8.63. The summed E-state index contributed by atoms with van der Waals surface area (Å²) in [5.41, 5.74) is 0.910. The Kier molecular flexibility index (Phi) is 4.66. The first kappa shape index (κ1) is 11.2. The topological polar surface area (TPSA) is 37.8 Å². The van der Waals surface area contributed by atoms with E-state index < -0.39 is 0 Å². The van der Waals surface area contributed by atoms with Gasteiger partial charge in [0.15, 0.2) is 0 Å². The average Bonchev–Trinajstić information content (AvgIpc) is 2.17. The summed E-state index contributed by atoms with van der Waals surface area (Å²) in [6, 6.07) is 0. The van der Waals surface area contributed by atoms with Crippen molar-refractivity contribution in [2.24, 2.45) is 0 Å². The second-order valence-electron chi connectivity index (χ2n) is 3.26. The van der Waals surface area contributed by atoms with Crippen LogP contribution in [0.5, 0.6) is 0 Å². The molecule has 0 fully saturated rings. The predicted molar refractivity (Wildman–Crippen MR) is 59.8 cm³/mol. The molecule has 0 aliphatic heterocycles. The molecule has 1 atom stereocenters. The lowest BCUT2D eigenvalue weighted by Crippen LogP contribution is -2.15. The molecule has 0 radical (unpaired) electrons. The Hall–Kier alpha value is -0.830. The lowest BCUT2D eigenvalue weighted by atomic mass is 10.2. The lowest BCUT2D eigenvalue weighted by molar-refractivity contribution is 0.749. The van der Waals surface area contributed by atoms with Crippen LogP contribution in [0.4, 0.5) is 5.82 Å². The minimum atomic E-state index is 0.168. The largest absolute Gasteiger partial charge is 0.367 e. The Morgan fingerprint density at radius 3 is 2.79 bits per heavy atom. The Labute approximate surface area is 89.9 Å². The van der Waals surface area contributed by atoms with Crippen molar-refractivity contribution in [2.45, 2.75) is 32.1 Å². The molecule has 0 aliphatic carbocycles. The quantitative estimate of drug-likeness (QED) is 0.765. The van der Waals surface area contributed by atoms with Gasteiger partial charge in [-0.3, -0.25) is 4.98 Å². The zero-order valence-corrected chi connectivity index (χ0v) is 9.38. The number of halogens is 1. The van der Waals surface area contributed by atoms with Gasteiger partial charge in [0.25, 0.3) is 0 Å². The molecule has 0 saturated carbocycles. The third kappa shape index (κ3) is 3.50. The van der Waals surface area contributed by atoms with E-state index in [9.17, 15) is 0 Å². The Balaban J connectivity index is 2.41. The van der Waals surface area contributed by atoms with Crippen LogP contribution in [0, 0.1) is 6.92 Å². The monoisotopic (exact) mass is 213 g/mol. The molecule has 0 amide bonds. The van der Waals surface area contributed by atoms with Crippen molar-refractivity contribution in [2.75, 3.05) is 11.9 Å². The highest BCUT2D eigenvalue weighted by Gasteiger charge is 2.04. The molecule has 0 saturated heterocycles. The summed E-state index contributed by atoms with van der Waals surface area (Å²) in [5.74, 6) is 0.828. The van der Waals surface area contributed by atoms with Gasteiger partial charge in [-0.15, -0.1) is 11.6 Å². The third-order valence-electron chi connectivity index (χ3n) is 1.97. The van der Waals surface area contributed by atoms with Crippen molar-refractivity contribution in [3.05, 3.63) is 18.1 Å². The molecule has 0 bridgehead atoms. The van der Waals surface area contributed by atoms with Crippen molar-refractivity contribution in [3.63, 3.8) is 0 Å². The van der Waals surface area contributed by atoms with Gasteiger partial charge in [-0.25, -0.2) is 4.98 Å². The van der Waals surface area contributed by atoms with Crippen molar-refractivity contribution in [3.8, 4) is 0 Å². The van der Waals surface area contributed by atoms with Gasteiger partial charge in [-0.2, -0.15) is 0 Å². The summed E-state index contributed by atoms with van der Waals surface area (Å²) in [4.78, 5) is 8.31. The highest BCUT2D eigenvalue weighted by atomic mass is 35.5. The number of nitrogens with one attached hydrogen (secondary N) is 1. The maximum atomic E-state index is 6.07. The summed E-state index contributed by atoms with van der Waals surface area (Å²) < 4.78 is 0. The van der Waals surface area contributed by atoms with E-state index in [-0.39, 0.29) is 5.38 Å². The van der Waals surface area contributed by atoms with E-state index in [2.05, 4.69) is 22.2 Å². The van der Waals surface area contributed by atoms with Gasteiger partial charge in [0.2, 0.25) is 0 Å². The molecule has 0 aliphatic rings. The first-order valence-electron chi connectivity index (χ1n) is 4.89. The van der Waals surface area contributed by atoms with Gasteiger partial charge in [-0.1, -0.05) is 13.3 Å². The maximum absolute atomic E-state index is 6.07. The molecule has 3 nitrogen and oxygen atoms in total. The fourth-order valence-corrected chi connectivity index (χ4v) is 1.50. The van der Waals surface area contributed by atoms with Crippen LogP contribution >= 0.6 is 11.6 Å². The molecule has 4 heteroatoms. The van der Waals surface area contributed by atoms with Crippen molar-refractivity contribution in [1.29, 1.82) is 0 Å². The number of hydrogen-bond donors (Lipinski definition) is 1. The van der Waals surface area contributed by atoms with E-state index in [4.69, 9.17) is 11.6 Å². The Morgan fingerprint density at radius 1 is 1.43 bits per heavy atom. The molecule has 1 unspecified atom stereocenters. The van der Waals surface area contributed by atoms with Crippen LogP contribution in [0.3, 0.4) is 0 Å². The van der Waals surface area contributed by atoms with E-state index in [1.807, 2.05) is 6.92 Å². The summed E-state index contributed by atoms with van der Waals surface area (Å²) >= 11 is 6.07. The molecule has 14 heavy (non-hydrogen) atoms. The van der Waals surface area contributed by atoms with Gasteiger partial charge < -0.3 is 5.32 Å². The second-order valence-corrected chi connectivity index (χ2v) is 3.87. The lowest BCUT2D eigenvalue weighted by Gasteiger charge is -2.10. The van der Waals surface area contributed by atoms with E-state index >= 15 is 0 Å². The molecule has 1 aromatic rings. The van der Waals surface area contributed by atoms with Crippen LogP contribution < -0.4 is 5.32 Å². The number of aromatic nitrogens is 2. The van der Waals surface area contributed by atoms with E-state index in [0.29, 0.717) is 0 Å². The maximum Gasteiger partial charge on any atom is 0.147 e. The van der Waals surface area contributed by atoms with Crippen LogP contribution in [0.15, 0.2) is 12.4 Å². The van der Waals surface area contributed by atoms with Crippen LogP contribution in [0.1, 0.15) is 25.5 Å². The molecule has 1 N–H and O–H groups in total. The first-order valence-corrected chi connectivity index (χ1v) is 5.33. The standard InChI is InChI=1S/C10H16ClN3/c1-3-4-9(11)7-14-10-8(2)12-5-6-13-10/h5-6,9H,3-4,7H2,1-2H3,(H,13,14). The minimum absolute atomic E-state index is 0.168. The summed E-state index contributed by atoms with van der Waals surface area (Å²) in [6.07, 6.45) is 5.49. The van der Waals surface area contributed by atoms with Gasteiger partial charge in [0.05, 0.1) is 11.1 Å². The van der Waals surface area contributed by atoms with Crippen LogP contribution in [0.25, 0.3) is 0 Å². The number of hydrogen-bond acceptors (Lipinski definition) is 3. The average molecular weight is 214 g/mol. The SMILES string of the molecule is CCCC(Cl)CNc1nccnc1C. The fraction of sp³-hybridized carbons (Fsp3) is 0.600. The minimum Gasteiger partial charge on any atom is -0.367 e. The van der Waals surface area contributed by atoms with Crippen molar-refractivity contribution < 1.29 is 0 Å². The van der Waals surface area contributed by atoms with Gasteiger partial charge >= 0.3 is 0 Å². The smallest absolute Gasteiger partial charge is 0.147 e. The molecule has 1 heterocycles. The summed E-state index contributed by atoms with van der Waals surface area (Å²) in [6.45, 7) is 4.80. The highest BCUT2D eigenvalue weighted by molar-refractivity contribution is 6.20. The number of alkyl halides is 1. The van der Waals surface area contributed by atoms with Crippen molar-refractivity contribution in [1.82, 2.24) is 9.97 Å². The number of aryl methyl sites for hydroxylation is 1. The van der Waals surface area contributed by atoms with Crippen LogP contribution in [-0.4, -0.2) is 21.9 Å². The van der Waals surface area contributed by atoms with Gasteiger partial charge in [-0.05, 0) is 13.3 Å². The Morgan fingerprint density at radius 2 is 2.14 bits per heavy atom. The fourth-order valence-electron chi connectivity index (χ4n) is 1.20. The zero-order chi connectivity index (χ0) is 10.4. The third-order valence-corrected chi connectivity index (χ3v) is 2.35. The van der Waals surface area contributed by atoms with E-state index in [1.54, 1.807) is 12.4 Å². The first-order chi connectivity index (χ1) is 6.74. The normalized spacial score (nSPS) is 12.5. The number of nitrogens with zero attached hydrogens (tertiary/aromatic N) is 2. The molecular weight excluding hydrogens is 198 g/mol. The van der Waals surface area contributed by atoms with Crippen molar-refractivity contribution >= 4 is 17.4 Å². The molecule has 1 rings (SSSR count). The summed E-state index contributed by atoms with van der Waals surface area (Å²) in [5, 5.41) is 3.36.